The number of halogens is 2. The summed E-state index contributed by atoms with van der Waals surface area (Å²) < 4.78 is 0. The van der Waals surface area contributed by atoms with Crippen LogP contribution >= 0.6 is 23.2 Å². The molecule has 0 saturated heterocycles. The maximum absolute atomic E-state index is 13.8. The number of benzene rings is 3. The van der Waals surface area contributed by atoms with Crippen molar-refractivity contribution in [3.63, 3.8) is 0 Å². The van der Waals surface area contributed by atoms with Gasteiger partial charge in [0.1, 0.15) is 6.04 Å². The van der Waals surface area contributed by atoms with Crippen LogP contribution in [-0.2, 0) is 29.0 Å². The molecule has 3 aromatic rings. The van der Waals surface area contributed by atoms with Crippen molar-refractivity contribution in [1.29, 1.82) is 0 Å². The topological polar surface area (TPSA) is 49.4 Å². The van der Waals surface area contributed by atoms with E-state index in [9.17, 15) is 9.59 Å². The smallest absolute Gasteiger partial charge is 0.243 e. The van der Waals surface area contributed by atoms with Crippen LogP contribution in [0.5, 0.6) is 0 Å². The van der Waals surface area contributed by atoms with Gasteiger partial charge in [-0.25, -0.2) is 0 Å². The Morgan fingerprint density at radius 2 is 1.54 bits per heavy atom. The molecule has 2 atom stereocenters. The lowest BCUT2D eigenvalue weighted by Crippen LogP contribution is -2.52. The fourth-order valence-corrected chi connectivity index (χ4v) is 4.46. The minimum atomic E-state index is -0.726. The van der Waals surface area contributed by atoms with Crippen LogP contribution in [0.1, 0.15) is 42.5 Å². The molecule has 1 N–H and O–H groups in total. The third kappa shape index (κ3) is 7.58. The van der Waals surface area contributed by atoms with Crippen LogP contribution in [0.25, 0.3) is 0 Å². The van der Waals surface area contributed by atoms with E-state index in [1.165, 1.54) is 0 Å². The highest BCUT2D eigenvalue weighted by molar-refractivity contribution is 6.36. The van der Waals surface area contributed by atoms with Gasteiger partial charge in [-0.15, -0.1) is 0 Å². The van der Waals surface area contributed by atoms with Crippen molar-refractivity contribution >= 4 is 35.0 Å². The van der Waals surface area contributed by atoms with E-state index < -0.39 is 6.04 Å². The van der Waals surface area contributed by atoms with Gasteiger partial charge in [0.15, 0.2) is 0 Å². The summed E-state index contributed by atoms with van der Waals surface area (Å²) in [6, 6.07) is 22.1. The molecule has 0 unspecified atom stereocenters. The zero-order valence-corrected chi connectivity index (χ0v) is 21.9. The fraction of sp³-hybridized carbons (Fsp3) is 0.310. The lowest BCUT2D eigenvalue weighted by molar-refractivity contribution is -0.141. The molecule has 2 amide bonds. The quantitative estimate of drug-likeness (QED) is 0.343. The average molecular weight is 511 g/mol. The van der Waals surface area contributed by atoms with Gasteiger partial charge in [0.2, 0.25) is 11.8 Å². The van der Waals surface area contributed by atoms with E-state index in [1.807, 2.05) is 75.4 Å². The standard InChI is InChI=1S/C29H32Cl2N2O2/c1-4-21(3)32-29(35)27(17-22-11-6-5-7-12-22)33(19-24-25(30)14-9-15-26(24)31)28(34)18-23-13-8-10-20(2)16-23/h5-16,21,27H,4,17-19H2,1-3H3,(H,32,35)/t21-,27-/m1/s1. The third-order valence-electron chi connectivity index (χ3n) is 6.10. The van der Waals surface area contributed by atoms with Crippen LogP contribution in [0.3, 0.4) is 0 Å². The Balaban J connectivity index is 2.02. The lowest BCUT2D eigenvalue weighted by atomic mass is 10.0. The minimum absolute atomic E-state index is 0.0154. The summed E-state index contributed by atoms with van der Waals surface area (Å²) in [5, 5.41) is 4.00. The number of aryl methyl sites for hydroxylation is 1. The first-order valence-electron chi connectivity index (χ1n) is 11.9. The van der Waals surface area contributed by atoms with E-state index in [-0.39, 0.29) is 30.8 Å². The molecule has 3 rings (SSSR count). The SMILES string of the molecule is CC[C@@H](C)NC(=O)[C@@H](Cc1ccccc1)N(Cc1c(Cl)cccc1Cl)C(=O)Cc1cccc(C)c1. The summed E-state index contributed by atoms with van der Waals surface area (Å²) in [6.07, 6.45) is 1.34. The molecule has 3 aromatic carbocycles. The van der Waals surface area contributed by atoms with Crippen LogP contribution in [0.15, 0.2) is 72.8 Å². The summed E-state index contributed by atoms with van der Waals surface area (Å²) in [7, 11) is 0. The summed E-state index contributed by atoms with van der Waals surface area (Å²) in [5.41, 5.74) is 3.57. The Labute approximate surface area is 218 Å². The number of amides is 2. The second-order valence-corrected chi connectivity index (χ2v) is 9.73. The van der Waals surface area contributed by atoms with Crippen LogP contribution in [0, 0.1) is 6.92 Å². The number of nitrogens with one attached hydrogen (secondary N) is 1. The van der Waals surface area contributed by atoms with Gasteiger partial charge < -0.3 is 10.2 Å². The van der Waals surface area contributed by atoms with E-state index in [1.54, 1.807) is 23.1 Å². The lowest BCUT2D eigenvalue weighted by Gasteiger charge is -2.33. The molecule has 0 fully saturated rings. The summed E-state index contributed by atoms with van der Waals surface area (Å²) in [6.45, 7) is 6.10. The van der Waals surface area contributed by atoms with Gasteiger partial charge in [0, 0.05) is 34.6 Å². The number of nitrogens with zero attached hydrogens (tertiary/aromatic N) is 1. The zero-order chi connectivity index (χ0) is 25.4. The van der Waals surface area contributed by atoms with Crippen LogP contribution in [0.4, 0.5) is 0 Å². The first-order chi connectivity index (χ1) is 16.8. The Bertz CT molecular complexity index is 1130. The summed E-state index contributed by atoms with van der Waals surface area (Å²) in [5.74, 6) is -0.351. The van der Waals surface area contributed by atoms with Gasteiger partial charge in [-0.2, -0.15) is 0 Å². The van der Waals surface area contributed by atoms with Gasteiger partial charge in [0.05, 0.1) is 6.42 Å². The van der Waals surface area contributed by atoms with Crippen molar-refractivity contribution in [2.24, 2.45) is 0 Å². The van der Waals surface area contributed by atoms with E-state index in [4.69, 9.17) is 23.2 Å². The first-order valence-corrected chi connectivity index (χ1v) is 12.7. The predicted octanol–water partition coefficient (Wildman–Crippen LogP) is 6.40. The van der Waals surface area contributed by atoms with Crippen molar-refractivity contribution in [1.82, 2.24) is 10.2 Å². The molecule has 0 aromatic heterocycles. The van der Waals surface area contributed by atoms with Gasteiger partial charge in [-0.05, 0) is 43.5 Å². The van der Waals surface area contributed by atoms with E-state index >= 15 is 0 Å². The van der Waals surface area contributed by atoms with Crippen molar-refractivity contribution in [2.75, 3.05) is 0 Å². The maximum Gasteiger partial charge on any atom is 0.243 e. The van der Waals surface area contributed by atoms with E-state index in [0.717, 1.165) is 23.1 Å². The molecule has 0 aliphatic carbocycles. The molecule has 184 valence electrons. The van der Waals surface area contributed by atoms with E-state index in [0.29, 0.717) is 22.0 Å². The molecule has 35 heavy (non-hydrogen) atoms. The molecule has 0 spiro atoms. The number of hydrogen-bond donors (Lipinski definition) is 1. The van der Waals surface area contributed by atoms with Crippen molar-refractivity contribution in [3.8, 4) is 0 Å². The molecule has 0 heterocycles. The van der Waals surface area contributed by atoms with Gasteiger partial charge >= 0.3 is 0 Å². The van der Waals surface area contributed by atoms with Crippen molar-refractivity contribution in [2.45, 2.75) is 58.7 Å². The Morgan fingerprint density at radius 1 is 0.914 bits per heavy atom. The molecular formula is C29H32Cl2N2O2. The molecule has 6 heteroatoms. The Kier molecular flexibility index (Phi) is 9.76. The van der Waals surface area contributed by atoms with Gasteiger partial charge in [0.25, 0.3) is 0 Å². The van der Waals surface area contributed by atoms with E-state index in [2.05, 4.69) is 5.32 Å². The molecule has 0 bridgehead atoms. The third-order valence-corrected chi connectivity index (χ3v) is 6.81. The number of rotatable bonds is 10. The second-order valence-electron chi connectivity index (χ2n) is 8.91. The highest BCUT2D eigenvalue weighted by atomic mass is 35.5. The predicted molar refractivity (Wildman–Crippen MR) is 144 cm³/mol. The summed E-state index contributed by atoms with van der Waals surface area (Å²) >= 11 is 13.0. The van der Waals surface area contributed by atoms with Crippen LogP contribution in [0.2, 0.25) is 10.0 Å². The minimum Gasteiger partial charge on any atom is -0.352 e. The monoisotopic (exact) mass is 510 g/mol. The number of carbonyl (C=O) groups excluding carboxylic acids is 2. The Hall–Kier alpha value is -2.82. The van der Waals surface area contributed by atoms with Gasteiger partial charge in [-0.3, -0.25) is 9.59 Å². The normalized spacial score (nSPS) is 12.6. The maximum atomic E-state index is 13.8. The van der Waals surface area contributed by atoms with Crippen LogP contribution in [-0.4, -0.2) is 28.8 Å². The van der Waals surface area contributed by atoms with Gasteiger partial charge in [-0.1, -0.05) is 96.4 Å². The zero-order valence-electron chi connectivity index (χ0n) is 20.4. The molecule has 0 aliphatic rings. The fourth-order valence-electron chi connectivity index (χ4n) is 3.95. The van der Waals surface area contributed by atoms with Crippen LogP contribution < -0.4 is 5.32 Å². The van der Waals surface area contributed by atoms with Crippen molar-refractivity contribution < 1.29 is 9.59 Å². The molecule has 0 radical (unpaired) electrons. The number of carbonyl (C=O) groups is 2. The highest BCUT2D eigenvalue weighted by Gasteiger charge is 2.31. The van der Waals surface area contributed by atoms with Crippen molar-refractivity contribution in [3.05, 3.63) is 105 Å². The molecule has 4 nitrogen and oxygen atoms in total. The summed E-state index contributed by atoms with van der Waals surface area (Å²) in [4.78, 5) is 29.0. The highest BCUT2D eigenvalue weighted by Crippen LogP contribution is 2.27. The molecular weight excluding hydrogens is 479 g/mol. The second kappa shape index (κ2) is 12.8. The Morgan fingerprint density at radius 3 is 2.17 bits per heavy atom. The average Bonchev–Trinajstić information content (AvgIpc) is 2.83. The number of hydrogen-bond acceptors (Lipinski definition) is 2. The molecule has 0 saturated carbocycles. The largest absolute Gasteiger partial charge is 0.352 e. The molecule has 0 aliphatic heterocycles. The first kappa shape index (κ1) is 26.8.